The number of carbonyl (C=O) groups excluding carboxylic acids is 2. The Morgan fingerprint density at radius 1 is 0.860 bits per heavy atom. The van der Waals surface area contributed by atoms with E-state index in [1.54, 1.807) is 25.7 Å². The highest BCUT2D eigenvalue weighted by Crippen LogP contribution is 2.26. The van der Waals surface area contributed by atoms with E-state index in [1.807, 2.05) is 38.1 Å². The maximum atomic E-state index is 14.2. The molecule has 274 valence electrons. The fourth-order valence-electron chi connectivity index (χ4n) is 5.54. The van der Waals surface area contributed by atoms with Gasteiger partial charge in [0.15, 0.2) is 0 Å². The molecule has 50 heavy (non-hydrogen) atoms. The predicted octanol–water partition coefficient (Wildman–Crippen LogP) is 5.70. The summed E-state index contributed by atoms with van der Waals surface area (Å²) in [7, 11) is -2.73. The van der Waals surface area contributed by atoms with Gasteiger partial charge in [0.1, 0.15) is 11.6 Å². The average molecular weight is 715 g/mol. The Balaban J connectivity index is 2.02. The number of sulfonamides is 1. The number of carbonyl (C=O) groups is 2. The Morgan fingerprint density at radius 3 is 2.04 bits per heavy atom. The molecule has 0 unspecified atom stereocenters. The molecule has 9 nitrogen and oxygen atoms in total. The summed E-state index contributed by atoms with van der Waals surface area (Å²) in [5.41, 5.74) is 1.47. The van der Waals surface area contributed by atoms with Crippen LogP contribution in [0.5, 0.6) is 0 Å². The fraction of sp³-hybridized carbons (Fsp3) is 0.474. The first-order valence-electron chi connectivity index (χ1n) is 17.2. The number of amides is 2. The highest BCUT2D eigenvalue weighted by atomic mass is 32.2. The van der Waals surface area contributed by atoms with Crippen molar-refractivity contribution in [3.63, 3.8) is 0 Å². The number of aliphatic hydroxyl groups excluding tert-OH is 1. The summed E-state index contributed by atoms with van der Waals surface area (Å²) < 4.78 is 57.1. The first kappa shape index (κ1) is 40.7. The van der Waals surface area contributed by atoms with Crippen molar-refractivity contribution in [3.05, 3.63) is 100 Å². The summed E-state index contributed by atoms with van der Waals surface area (Å²) in [6.07, 6.45) is 0.881. The number of nitrogens with one attached hydrogen (secondary N) is 2. The molecule has 0 heterocycles. The number of halogens is 2. The maximum Gasteiger partial charge on any atom is 0.253 e. The third kappa shape index (κ3) is 11.1. The number of aryl methyl sites for hydroxylation is 1. The summed E-state index contributed by atoms with van der Waals surface area (Å²) in [6.45, 7) is 12.5. The van der Waals surface area contributed by atoms with Gasteiger partial charge in [-0.3, -0.25) is 9.59 Å². The van der Waals surface area contributed by atoms with Gasteiger partial charge in [0.2, 0.25) is 10.0 Å². The Labute approximate surface area is 296 Å². The molecule has 2 amide bonds. The Hall–Kier alpha value is -3.71. The van der Waals surface area contributed by atoms with Gasteiger partial charge < -0.3 is 20.6 Å². The molecule has 3 rings (SSSR count). The van der Waals surface area contributed by atoms with Crippen molar-refractivity contribution in [1.29, 1.82) is 0 Å². The second-order valence-electron chi connectivity index (χ2n) is 13.6. The van der Waals surface area contributed by atoms with Crippen molar-refractivity contribution in [2.75, 3.05) is 26.7 Å². The molecule has 0 aliphatic carbocycles. The smallest absolute Gasteiger partial charge is 0.253 e. The molecule has 0 saturated carbocycles. The van der Waals surface area contributed by atoms with E-state index in [9.17, 15) is 31.9 Å². The lowest BCUT2D eigenvalue weighted by molar-refractivity contribution is 0.0755. The van der Waals surface area contributed by atoms with Crippen LogP contribution >= 0.6 is 0 Å². The van der Waals surface area contributed by atoms with Gasteiger partial charge in [-0.2, -0.15) is 4.31 Å². The first-order valence-corrected chi connectivity index (χ1v) is 18.6. The summed E-state index contributed by atoms with van der Waals surface area (Å²) in [4.78, 5) is 29.1. The molecule has 2 atom stereocenters. The zero-order valence-corrected chi connectivity index (χ0v) is 31.0. The van der Waals surface area contributed by atoms with Crippen LogP contribution < -0.4 is 10.6 Å². The molecule has 0 aromatic heterocycles. The molecule has 3 aromatic carbocycles. The maximum absolute atomic E-state index is 14.2. The quantitative estimate of drug-likeness (QED) is 0.165. The van der Waals surface area contributed by atoms with E-state index < -0.39 is 51.2 Å². The molecule has 0 fully saturated rings. The lowest BCUT2D eigenvalue weighted by Crippen LogP contribution is -2.48. The number of nitrogens with zero attached hydrogens (tertiary/aromatic N) is 2. The molecule has 3 N–H and O–H groups in total. The third-order valence-corrected chi connectivity index (χ3v) is 10.6. The highest BCUT2D eigenvalue weighted by Gasteiger charge is 2.33. The molecule has 3 aromatic rings. The molecule has 0 radical (unpaired) electrons. The summed E-state index contributed by atoms with van der Waals surface area (Å²) in [5.74, 6) is -2.78. The molecular formula is C38H52F2N4O5S. The van der Waals surface area contributed by atoms with E-state index in [2.05, 4.69) is 17.6 Å². The van der Waals surface area contributed by atoms with E-state index >= 15 is 0 Å². The summed E-state index contributed by atoms with van der Waals surface area (Å²) >= 11 is 0. The minimum absolute atomic E-state index is 0.0244. The van der Waals surface area contributed by atoms with Crippen molar-refractivity contribution in [2.45, 2.75) is 96.4 Å². The number of hydrogen-bond acceptors (Lipinski definition) is 6. The topological polar surface area (TPSA) is 119 Å². The molecule has 0 spiro atoms. The van der Waals surface area contributed by atoms with Crippen molar-refractivity contribution in [3.8, 4) is 0 Å². The van der Waals surface area contributed by atoms with E-state index in [0.29, 0.717) is 32.5 Å². The van der Waals surface area contributed by atoms with E-state index in [4.69, 9.17) is 0 Å². The van der Waals surface area contributed by atoms with Crippen molar-refractivity contribution >= 4 is 21.8 Å². The number of rotatable bonds is 17. The zero-order valence-electron chi connectivity index (χ0n) is 30.2. The third-order valence-electron chi connectivity index (χ3n) is 8.53. The Kier molecular flexibility index (Phi) is 14.6. The van der Waals surface area contributed by atoms with Crippen LogP contribution in [0.1, 0.15) is 91.8 Å². The van der Waals surface area contributed by atoms with Gasteiger partial charge >= 0.3 is 0 Å². The largest absolute Gasteiger partial charge is 0.390 e. The highest BCUT2D eigenvalue weighted by molar-refractivity contribution is 7.89. The molecule has 0 bridgehead atoms. The van der Waals surface area contributed by atoms with Gasteiger partial charge in [0.25, 0.3) is 11.8 Å². The molecule has 0 aliphatic rings. The SMILES string of the molecule is CCCN(CCC)C(=O)c1cc(C(=O)N[C@@H](Cc2cc(F)cc(F)c2)[C@H](O)CNCc2cccc(CC)c2)cc(S(=O)(=O)N(C)C(C)(C)C)c1. The van der Waals surface area contributed by atoms with Crippen molar-refractivity contribution in [1.82, 2.24) is 19.8 Å². The molecule has 0 saturated heterocycles. The van der Waals surface area contributed by atoms with Gasteiger partial charge in [-0.25, -0.2) is 17.2 Å². The molecular weight excluding hydrogens is 663 g/mol. The van der Waals surface area contributed by atoms with Crippen LogP contribution in [0, 0.1) is 11.6 Å². The summed E-state index contributed by atoms with van der Waals surface area (Å²) in [5, 5.41) is 17.3. The van der Waals surface area contributed by atoms with Crippen LogP contribution in [0.15, 0.2) is 65.6 Å². The minimum Gasteiger partial charge on any atom is -0.390 e. The number of benzene rings is 3. The van der Waals surface area contributed by atoms with Crippen molar-refractivity contribution in [2.24, 2.45) is 0 Å². The van der Waals surface area contributed by atoms with Gasteiger partial charge in [-0.05, 0) is 93.5 Å². The van der Waals surface area contributed by atoms with Crippen LogP contribution in [0.3, 0.4) is 0 Å². The van der Waals surface area contributed by atoms with Crippen molar-refractivity contribution < 1.29 is 31.9 Å². The van der Waals surface area contributed by atoms with E-state index in [1.165, 1.54) is 29.6 Å². The standard InChI is InChI=1S/C38H52F2N4O5S/c1-8-14-44(15-9-2)37(47)30-20-29(21-33(22-30)50(48,49)43(7)38(4,5)6)36(46)42-34(19-28-17-31(39)23-32(40)18-28)35(45)25-41-24-27-13-11-12-26(10-3)16-27/h11-13,16-18,20-23,34-35,41,45H,8-10,14-15,19,24-25H2,1-7H3,(H,42,46)/t34-,35+/m0/s1. The minimum atomic E-state index is -4.17. The molecule has 0 aliphatic heterocycles. The van der Waals surface area contributed by atoms with Crippen LogP contribution in [0.4, 0.5) is 8.78 Å². The number of hydrogen-bond donors (Lipinski definition) is 3. The zero-order chi connectivity index (χ0) is 37.2. The lowest BCUT2D eigenvalue weighted by atomic mass is 9.99. The van der Waals surface area contributed by atoms with Crippen LogP contribution in [-0.2, 0) is 29.4 Å². The van der Waals surface area contributed by atoms with Gasteiger partial charge in [0, 0.05) is 56.0 Å². The normalized spacial score (nSPS) is 13.3. The number of aliphatic hydroxyl groups is 1. The van der Waals surface area contributed by atoms with Crippen LogP contribution in [-0.4, -0.2) is 78.9 Å². The first-order chi connectivity index (χ1) is 23.5. The van der Waals surface area contributed by atoms with E-state index in [0.717, 1.165) is 35.7 Å². The van der Waals surface area contributed by atoms with Gasteiger partial charge in [0.05, 0.1) is 17.0 Å². The Morgan fingerprint density at radius 2 is 1.46 bits per heavy atom. The summed E-state index contributed by atoms with van der Waals surface area (Å²) in [6, 6.07) is 13.7. The molecule has 12 heteroatoms. The monoisotopic (exact) mass is 714 g/mol. The lowest BCUT2D eigenvalue weighted by Gasteiger charge is -2.31. The van der Waals surface area contributed by atoms with E-state index in [-0.39, 0.29) is 34.6 Å². The van der Waals surface area contributed by atoms with Gasteiger partial charge in [-0.15, -0.1) is 0 Å². The Bertz CT molecular complexity index is 1700. The second kappa shape index (κ2) is 18.0. The van der Waals surface area contributed by atoms with Gasteiger partial charge in [-0.1, -0.05) is 45.0 Å². The second-order valence-corrected chi connectivity index (χ2v) is 15.6. The van der Waals surface area contributed by atoms with Crippen LogP contribution in [0.25, 0.3) is 0 Å². The fourth-order valence-corrected chi connectivity index (χ4v) is 7.13. The predicted molar refractivity (Wildman–Crippen MR) is 192 cm³/mol. The average Bonchev–Trinajstić information content (AvgIpc) is 3.06. The van der Waals surface area contributed by atoms with Crippen LogP contribution in [0.2, 0.25) is 0 Å².